The second-order valence-corrected chi connectivity index (χ2v) is 9.96. The van der Waals surface area contributed by atoms with E-state index in [9.17, 15) is 4.79 Å². The number of benzene rings is 2. The predicted octanol–water partition coefficient (Wildman–Crippen LogP) is 4.27. The quantitative estimate of drug-likeness (QED) is 0.408. The molecule has 2 fully saturated rings. The van der Waals surface area contributed by atoms with Gasteiger partial charge in [0.25, 0.3) is 5.91 Å². The van der Waals surface area contributed by atoms with Gasteiger partial charge in [0, 0.05) is 36.7 Å². The minimum atomic E-state index is -0.150. The number of methoxy groups -OCH3 is 1. The van der Waals surface area contributed by atoms with Gasteiger partial charge in [-0.25, -0.2) is 4.98 Å². The van der Waals surface area contributed by atoms with E-state index in [0.717, 1.165) is 72.7 Å². The molecule has 8 heteroatoms. The maximum Gasteiger partial charge on any atom is 0.263 e. The number of carbonyl (C=O) groups excluding carboxylic acids is 1. The third kappa shape index (κ3) is 5.15. The molecule has 2 saturated heterocycles. The predicted molar refractivity (Wildman–Crippen MR) is 141 cm³/mol. The van der Waals surface area contributed by atoms with Crippen LogP contribution in [0.3, 0.4) is 0 Å². The Morgan fingerprint density at radius 3 is 2.82 bits per heavy atom. The lowest BCUT2D eigenvalue weighted by atomic mass is 9.99. The third-order valence-corrected chi connectivity index (χ3v) is 7.17. The Kier molecular flexibility index (Phi) is 6.92. The minimum absolute atomic E-state index is 0.150. The fraction of sp³-hybridized carbons (Fsp3) is 0.269. The van der Waals surface area contributed by atoms with Crippen molar-refractivity contribution in [2.75, 3.05) is 40.0 Å². The summed E-state index contributed by atoms with van der Waals surface area (Å²) in [5.41, 5.74) is 4.99. The number of nitrogens with zero attached hydrogens (tertiary/aromatic N) is 2. The van der Waals surface area contributed by atoms with E-state index in [2.05, 4.69) is 34.5 Å². The van der Waals surface area contributed by atoms with Crippen LogP contribution in [0.25, 0.3) is 28.2 Å². The first-order valence-electron chi connectivity index (χ1n) is 11.2. The summed E-state index contributed by atoms with van der Waals surface area (Å²) in [7, 11) is 1.67. The molecule has 1 aromatic heterocycles. The molecule has 2 aliphatic rings. The molecule has 2 aromatic carbocycles. The van der Waals surface area contributed by atoms with Crippen LogP contribution in [0, 0.1) is 0 Å². The number of carbonyl (C=O) groups is 1. The van der Waals surface area contributed by atoms with Gasteiger partial charge in [0.15, 0.2) is 0 Å². The van der Waals surface area contributed by atoms with Crippen molar-refractivity contribution in [3.05, 3.63) is 64.6 Å². The van der Waals surface area contributed by atoms with E-state index in [1.165, 1.54) is 17.3 Å². The zero-order valence-electron chi connectivity index (χ0n) is 18.9. The van der Waals surface area contributed by atoms with Gasteiger partial charge in [-0.2, -0.15) is 0 Å². The number of morpholine rings is 1. The maximum absolute atomic E-state index is 12.1. The highest BCUT2D eigenvalue weighted by Gasteiger charge is 2.22. The summed E-state index contributed by atoms with van der Waals surface area (Å²) in [6.07, 6.45) is 2.77. The molecule has 2 aliphatic heterocycles. The van der Waals surface area contributed by atoms with Crippen LogP contribution in [0.2, 0.25) is 0 Å². The number of amides is 1. The number of thioether (sulfide) groups is 1. The van der Waals surface area contributed by atoms with Gasteiger partial charge in [-0.15, -0.1) is 0 Å². The summed E-state index contributed by atoms with van der Waals surface area (Å²) >= 11 is 6.41. The van der Waals surface area contributed by atoms with Crippen LogP contribution in [-0.4, -0.2) is 60.1 Å². The van der Waals surface area contributed by atoms with Crippen LogP contribution < -0.4 is 10.1 Å². The molecule has 6 nitrogen and oxygen atoms in total. The Labute approximate surface area is 208 Å². The average molecular weight is 492 g/mol. The lowest BCUT2D eigenvalue weighted by Crippen LogP contribution is -2.37. The van der Waals surface area contributed by atoms with Crippen LogP contribution in [0.15, 0.2) is 53.4 Å². The van der Waals surface area contributed by atoms with E-state index in [1.54, 1.807) is 7.11 Å². The maximum atomic E-state index is 12.1. The van der Waals surface area contributed by atoms with Gasteiger partial charge in [-0.1, -0.05) is 42.2 Å². The van der Waals surface area contributed by atoms with Gasteiger partial charge >= 0.3 is 0 Å². The molecule has 1 N–H and O–H groups in total. The average Bonchev–Trinajstić information content (AvgIpc) is 3.18. The molecule has 1 amide bonds. The van der Waals surface area contributed by atoms with Crippen molar-refractivity contribution in [2.24, 2.45) is 0 Å². The summed E-state index contributed by atoms with van der Waals surface area (Å²) < 4.78 is 11.4. The highest BCUT2D eigenvalue weighted by molar-refractivity contribution is 8.26. The molecule has 0 spiro atoms. The number of ether oxygens (including phenoxy) is 2. The van der Waals surface area contributed by atoms with E-state index < -0.39 is 0 Å². The summed E-state index contributed by atoms with van der Waals surface area (Å²) in [6, 6.07) is 16.4. The number of hydrogen-bond donors (Lipinski definition) is 1. The van der Waals surface area contributed by atoms with Crippen LogP contribution in [0.5, 0.6) is 5.75 Å². The van der Waals surface area contributed by atoms with Gasteiger partial charge in [0.2, 0.25) is 0 Å². The number of aromatic nitrogens is 1. The first-order valence-corrected chi connectivity index (χ1v) is 12.4. The number of rotatable bonds is 6. The van der Waals surface area contributed by atoms with Crippen molar-refractivity contribution >= 4 is 51.2 Å². The second-order valence-electron chi connectivity index (χ2n) is 8.24. The molecule has 0 bridgehead atoms. The number of pyridine rings is 1. The van der Waals surface area contributed by atoms with Crippen LogP contribution in [0.1, 0.15) is 11.1 Å². The van der Waals surface area contributed by atoms with Gasteiger partial charge in [0.05, 0.1) is 36.4 Å². The fourth-order valence-corrected chi connectivity index (χ4v) is 5.25. The molecular formula is C26H25N3O3S2. The SMILES string of the molecule is COc1ccc2cc(CCN3CCOCC3)c(-c3cccc(/C=C4\SC(=S)NC4=O)c3)nc2c1. The standard InChI is InChI=1S/C26H25N3O3S2/c1-31-21-6-5-18-15-20(7-8-29-9-11-32-12-10-29)24(27-22(18)16-21)19-4-2-3-17(13-19)14-23-25(30)28-26(33)34-23/h2-6,13-16H,7-12H2,1H3,(H,28,30,33)/b23-14-. The van der Waals surface area contributed by atoms with E-state index in [4.69, 9.17) is 26.7 Å². The molecule has 174 valence electrons. The van der Waals surface area contributed by atoms with E-state index in [-0.39, 0.29) is 5.91 Å². The van der Waals surface area contributed by atoms with Gasteiger partial charge in [-0.3, -0.25) is 9.69 Å². The van der Waals surface area contributed by atoms with Crippen molar-refractivity contribution in [3.63, 3.8) is 0 Å². The summed E-state index contributed by atoms with van der Waals surface area (Å²) in [5, 5.41) is 3.76. The molecular weight excluding hydrogens is 466 g/mol. The minimum Gasteiger partial charge on any atom is -0.497 e. The first-order chi connectivity index (χ1) is 16.6. The Hall–Kier alpha value is -2.78. The Bertz CT molecular complexity index is 1290. The number of nitrogens with one attached hydrogen (secondary N) is 1. The van der Waals surface area contributed by atoms with E-state index in [0.29, 0.717) is 9.23 Å². The number of fused-ring (bicyclic) bond motifs is 1. The van der Waals surface area contributed by atoms with Crippen molar-refractivity contribution in [1.82, 2.24) is 15.2 Å². The molecule has 3 heterocycles. The highest BCUT2D eigenvalue weighted by atomic mass is 32.2. The van der Waals surface area contributed by atoms with Crippen molar-refractivity contribution in [3.8, 4) is 17.0 Å². The number of hydrogen-bond acceptors (Lipinski definition) is 7. The Morgan fingerprint density at radius 1 is 1.21 bits per heavy atom. The lowest BCUT2D eigenvalue weighted by Gasteiger charge is -2.26. The molecule has 5 rings (SSSR count). The molecule has 0 aliphatic carbocycles. The van der Waals surface area contributed by atoms with Crippen LogP contribution in [-0.2, 0) is 16.0 Å². The zero-order valence-corrected chi connectivity index (χ0v) is 20.5. The lowest BCUT2D eigenvalue weighted by molar-refractivity contribution is -0.115. The third-order valence-electron chi connectivity index (χ3n) is 6.00. The Balaban J connectivity index is 1.53. The number of thiocarbonyl (C=S) groups is 1. The van der Waals surface area contributed by atoms with Crippen molar-refractivity contribution in [1.29, 1.82) is 0 Å². The summed E-state index contributed by atoms with van der Waals surface area (Å²) in [6.45, 7) is 4.44. The largest absolute Gasteiger partial charge is 0.497 e. The van der Waals surface area contributed by atoms with E-state index >= 15 is 0 Å². The van der Waals surface area contributed by atoms with E-state index in [1.807, 2.05) is 30.3 Å². The van der Waals surface area contributed by atoms with Crippen molar-refractivity contribution < 1.29 is 14.3 Å². The normalized spacial score (nSPS) is 18.0. The molecule has 0 atom stereocenters. The van der Waals surface area contributed by atoms with Crippen LogP contribution in [0.4, 0.5) is 0 Å². The molecule has 3 aromatic rings. The van der Waals surface area contributed by atoms with Gasteiger partial charge in [0.1, 0.15) is 10.1 Å². The molecule has 0 saturated carbocycles. The smallest absolute Gasteiger partial charge is 0.263 e. The van der Waals surface area contributed by atoms with Crippen LogP contribution >= 0.6 is 24.0 Å². The molecule has 34 heavy (non-hydrogen) atoms. The monoisotopic (exact) mass is 491 g/mol. The van der Waals surface area contributed by atoms with Crippen molar-refractivity contribution in [2.45, 2.75) is 6.42 Å². The van der Waals surface area contributed by atoms with Gasteiger partial charge in [-0.05, 0) is 47.9 Å². The first kappa shape index (κ1) is 23.0. The van der Waals surface area contributed by atoms with Gasteiger partial charge < -0.3 is 14.8 Å². The fourth-order valence-electron chi connectivity index (χ4n) is 4.21. The molecule has 0 unspecified atom stereocenters. The summed E-state index contributed by atoms with van der Waals surface area (Å²) in [4.78, 5) is 20.2. The second kappa shape index (κ2) is 10.2. The Morgan fingerprint density at radius 2 is 2.06 bits per heavy atom. The summed E-state index contributed by atoms with van der Waals surface area (Å²) in [5.74, 6) is 0.633. The highest BCUT2D eigenvalue weighted by Crippen LogP contribution is 2.31. The molecule has 0 radical (unpaired) electrons. The topological polar surface area (TPSA) is 63.7 Å². The zero-order chi connectivity index (χ0) is 23.5.